The summed E-state index contributed by atoms with van der Waals surface area (Å²) in [6.45, 7) is 2.69. The summed E-state index contributed by atoms with van der Waals surface area (Å²) >= 11 is 0. The standard InChI is InChI=1S/C10H18O3/c1-3-8-13-10(9(11)12-2)6-4-5-7-10/h3-8H2,1-2H3. The van der Waals surface area contributed by atoms with Gasteiger partial charge in [0.2, 0.25) is 0 Å². The number of hydrogen-bond donors (Lipinski definition) is 0. The molecule has 0 radical (unpaired) electrons. The molecule has 0 aromatic heterocycles. The van der Waals surface area contributed by atoms with Crippen molar-refractivity contribution in [1.29, 1.82) is 0 Å². The number of methoxy groups -OCH3 is 1. The first kappa shape index (κ1) is 10.5. The third-order valence-corrected chi connectivity index (χ3v) is 2.55. The van der Waals surface area contributed by atoms with Crippen LogP contribution in [0, 0.1) is 0 Å². The van der Waals surface area contributed by atoms with E-state index in [2.05, 4.69) is 0 Å². The Morgan fingerprint density at radius 1 is 1.38 bits per heavy atom. The van der Waals surface area contributed by atoms with Crippen LogP contribution in [0.2, 0.25) is 0 Å². The van der Waals surface area contributed by atoms with Crippen LogP contribution >= 0.6 is 0 Å². The SMILES string of the molecule is CCCOC1(C(=O)OC)CCCC1. The molecule has 1 rings (SSSR count). The molecule has 76 valence electrons. The van der Waals surface area contributed by atoms with Gasteiger partial charge < -0.3 is 9.47 Å². The highest BCUT2D eigenvalue weighted by molar-refractivity contribution is 5.79. The Morgan fingerprint density at radius 2 is 2.00 bits per heavy atom. The minimum absolute atomic E-state index is 0.196. The van der Waals surface area contributed by atoms with Crippen LogP contribution in [-0.2, 0) is 14.3 Å². The molecule has 0 saturated heterocycles. The van der Waals surface area contributed by atoms with E-state index in [0.29, 0.717) is 6.61 Å². The largest absolute Gasteiger partial charge is 0.467 e. The second kappa shape index (κ2) is 4.61. The van der Waals surface area contributed by atoms with E-state index >= 15 is 0 Å². The monoisotopic (exact) mass is 186 g/mol. The van der Waals surface area contributed by atoms with Crippen molar-refractivity contribution in [2.45, 2.75) is 44.6 Å². The average Bonchev–Trinajstić information content (AvgIpc) is 2.63. The van der Waals surface area contributed by atoms with E-state index in [9.17, 15) is 4.79 Å². The van der Waals surface area contributed by atoms with Gasteiger partial charge >= 0.3 is 5.97 Å². The fraction of sp³-hybridized carbons (Fsp3) is 0.900. The zero-order valence-electron chi connectivity index (χ0n) is 8.47. The van der Waals surface area contributed by atoms with Crippen molar-refractivity contribution < 1.29 is 14.3 Å². The maximum Gasteiger partial charge on any atom is 0.338 e. The summed E-state index contributed by atoms with van der Waals surface area (Å²) in [7, 11) is 1.43. The first-order valence-electron chi connectivity index (χ1n) is 4.97. The van der Waals surface area contributed by atoms with Gasteiger partial charge in [-0.3, -0.25) is 0 Å². The molecule has 1 aliphatic carbocycles. The fourth-order valence-electron chi connectivity index (χ4n) is 1.84. The molecule has 0 amide bonds. The Kier molecular flexibility index (Phi) is 3.72. The molecule has 0 bridgehead atoms. The first-order chi connectivity index (χ1) is 6.25. The van der Waals surface area contributed by atoms with E-state index in [1.807, 2.05) is 6.92 Å². The van der Waals surface area contributed by atoms with Crippen molar-refractivity contribution in [3.63, 3.8) is 0 Å². The molecule has 0 atom stereocenters. The van der Waals surface area contributed by atoms with Gasteiger partial charge in [0.15, 0.2) is 5.60 Å². The van der Waals surface area contributed by atoms with Crippen molar-refractivity contribution in [3.05, 3.63) is 0 Å². The van der Waals surface area contributed by atoms with Crippen LogP contribution in [0.4, 0.5) is 0 Å². The molecule has 0 spiro atoms. The molecule has 0 aromatic carbocycles. The Balaban J connectivity index is 2.57. The fourth-order valence-corrected chi connectivity index (χ4v) is 1.84. The van der Waals surface area contributed by atoms with Gasteiger partial charge in [-0.05, 0) is 32.1 Å². The Bertz CT molecular complexity index is 171. The third-order valence-electron chi connectivity index (χ3n) is 2.55. The minimum Gasteiger partial charge on any atom is -0.467 e. The summed E-state index contributed by atoms with van der Waals surface area (Å²) in [5, 5.41) is 0. The molecule has 3 nitrogen and oxygen atoms in total. The van der Waals surface area contributed by atoms with E-state index in [1.165, 1.54) is 7.11 Å². The van der Waals surface area contributed by atoms with Crippen LogP contribution in [0.3, 0.4) is 0 Å². The third kappa shape index (κ3) is 2.21. The van der Waals surface area contributed by atoms with E-state index in [4.69, 9.17) is 9.47 Å². The average molecular weight is 186 g/mol. The zero-order valence-corrected chi connectivity index (χ0v) is 8.47. The smallest absolute Gasteiger partial charge is 0.338 e. The summed E-state index contributed by atoms with van der Waals surface area (Å²) in [5.74, 6) is -0.196. The van der Waals surface area contributed by atoms with E-state index in [0.717, 1.165) is 32.1 Å². The molecule has 1 saturated carbocycles. The summed E-state index contributed by atoms with van der Waals surface area (Å²) in [5.41, 5.74) is -0.606. The van der Waals surface area contributed by atoms with Crippen molar-refractivity contribution >= 4 is 5.97 Å². The number of esters is 1. The number of ether oxygens (including phenoxy) is 2. The van der Waals surface area contributed by atoms with Crippen LogP contribution in [-0.4, -0.2) is 25.3 Å². The minimum atomic E-state index is -0.606. The normalized spacial score (nSPS) is 20.2. The molecule has 0 heterocycles. The lowest BCUT2D eigenvalue weighted by Gasteiger charge is -2.25. The van der Waals surface area contributed by atoms with Crippen molar-refractivity contribution in [1.82, 2.24) is 0 Å². The van der Waals surface area contributed by atoms with E-state index in [1.54, 1.807) is 0 Å². The quantitative estimate of drug-likeness (QED) is 0.629. The summed E-state index contributed by atoms with van der Waals surface area (Å²) in [6, 6.07) is 0. The number of hydrogen-bond acceptors (Lipinski definition) is 3. The molecular formula is C10H18O3. The number of rotatable bonds is 4. The van der Waals surface area contributed by atoms with E-state index < -0.39 is 5.60 Å². The van der Waals surface area contributed by atoms with Gasteiger partial charge in [0.25, 0.3) is 0 Å². The maximum absolute atomic E-state index is 11.5. The lowest BCUT2D eigenvalue weighted by Crippen LogP contribution is -2.40. The van der Waals surface area contributed by atoms with Crippen LogP contribution in [0.1, 0.15) is 39.0 Å². The lowest BCUT2D eigenvalue weighted by molar-refractivity contribution is -0.169. The van der Waals surface area contributed by atoms with Crippen LogP contribution < -0.4 is 0 Å². The van der Waals surface area contributed by atoms with Crippen LogP contribution in [0.15, 0.2) is 0 Å². The zero-order chi connectivity index (χ0) is 9.73. The number of carbonyl (C=O) groups excluding carboxylic acids is 1. The molecule has 3 heteroatoms. The topological polar surface area (TPSA) is 35.5 Å². The highest BCUT2D eigenvalue weighted by Gasteiger charge is 2.43. The highest BCUT2D eigenvalue weighted by atomic mass is 16.6. The summed E-state index contributed by atoms with van der Waals surface area (Å²) < 4.78 is 10.4. The molecular weight excluding hydrogens is 168 g/mol. The molecule has 1 aliphatic rings. The second-order valence-corrected chi connectivity index (χ2v) is 3.54. The van der Waals surface area contributed by atoms with Gasteiger partial charge in [-0.25, -0.2) is 4.79 Å². The summed E-state index contributed by atoms with van der Waals surface area (Å²) in [4.78, 5) is 11.5. The lowest BCUT2D eigenvalue weighted by atomic mass is 10.0. The molecule has 0 unspecified atom stereocenters. The molecule has 1 fully saturated rings. The highest BCUT2D eigenvalue weighted by Crippen LogP contribution is 2.34. The maximum atomic E-state index is 11.5. The van der Waals surface area contributed by atoms with Crippen LogP contribution in [0.5, 0.6) is 0 Å². The first-order valence-corrected chi connectivity index (χ1v) is 4.97. The van der Waals surface area contributed by atoms with Gasteiger partial charge in [0, 0.05) is 6.61 Å². The van der Waals surface area contributed by atoms with Crippen molar-refractivity contribution in [2.75, 3.05) is 13.7 Å². The van der Waals surface area contributed by atoms with Gasteiger partial charge in [-0.2, -0.15) is 0 Å². The van der Waals surface area contributed by atoms with Gasteiger partial charge in [0.05, 0.1) is 7.11 Å². The van der Waals surface area contributed by atoms with Crippen LogP contribution in [0.25, 0.3) is 0 Å². The Morgan fingerprint density at radius 3 is 2.46 bits per heavy atom. The van der Waals surface area contributed by atoms with E-state index in [-0.39, 0.29) is 5.97 Å². The van der Waals surface area contributed by atoms with Gasteiger partial charge in [-0.15, -0.1) is 0 Å². The summed E-state index contributed by atoms with van der Waals surface area (Å²) in [6.07, 6.45) is 4.72. The predicted molar refractivity (Wildman–Crippen MR) is 49.5 cm³/mol. The van der Waals surface area contributed by atoms with Gasteiger partial charge in [-0.1, -0.05) is 6.92 Å². The molecule has 0 N–H and O–H groups in total. The number of carbonyl (C=O) groups is 1. The Labute approximate surface area is 79.4 Å². The molecule has 0 aromatic rings. The van der Waals surface area contributed by atoms with Crippen molar-refractivity contribution in [2.24, 2.45) is 0 Å². The Hall–Kier alpha value is -0.570. The molecule has 0 aliphatic heterocycles. The van der Waals surface area contributed by atoms with Gasteiger partial charge in [0.1, 0.15) is 0 Å². The molecule has 13 heavy (non-hydrogen) atoms. The predicted octanol–water partition coefficient (Wildman–Crippen LogP) is 1.90. The van der Waals surface area contributed by atoms with Crippen molar-refractivity contribution in [3.8, 4) is 0 Å². The second-order valence-electron chi connectivity index (χ2n) is 3.54.